The minimum Gasteiger partial charge on any atom is -0.376 e. The average Bonchev–Trinajstić information content (AvgIpc) is 4.07. The van der Waals surface area contributed by atoms with E-state index in [1.807, 2.05) is 52.0 Å². The molecule has 10 atom stereocenters. The zero-order valence-corrected chi connectivity index (χ0v) is 46.7. The number of piperazine rings is 1. The number of nitrogens with one attached hydrogen (secondary N) is 6. The first-order chi connectivity index (χ1) is 36.6. The smallest absolute Gasteiger partial charge is 0.246 e. The summed E-state index contributed by atoms with van der Waals surface area (Å²) in [7, 11) is 3.41. The molecule has 0 saturated carbocycles. The third-order valence-corrected chi connectivity index (χ3v) is 16.6. The summed E-state index contributed by atoms with van der Waals surface area (Å²) in [5.74, 6) is -1.82. The highest BCUT2D eigenvalue weighted by atomic mass is 16.5. The Morgan fingerprint density at radius 3 is 1.32 bits per heavy atom. The number of aryl methyl sites for hydroxylation is 2. The fourth-order valence-corrected chi connectivity index (χ4v) is 11.7. The first-order valence-corrected chi connectivity index (χ1v) is 28.6. The van der Waals surface area contributed by atoms with E-state index in [1.165, 1.54) is 11.1 Å². The van der Waals surface area contributed by atoms with Crippen molar-refractivity contribution in [3.05, 3.63) is 70.8 Å². The lowest BCUT2D eigenvalue weighted by Crippen LogP contribution is -2.57. The predicted molar refractivity (Wildman–Crippen MR) is 293 cm³/mol. The number of hydrogen-bond donors (Lipinski definition) is 6. The quantitative estimate of drug-likeness (QED) is 0.0840. The highest BCUT2D eigenvalue weighted by Crippen LogP contribution is 2.33. The Bertz CT molecular complexity index is 2120. The van der Waals surface area contributed by atoms with Gasteiger partial charge in [0.2, 0.25) is 35.4 Å². The summed E-state index contributed by atoms with van der Waals surface area (Å²) in [5, 5.41) is 18.4. The lowest BCUT2D eigenvalue weighted by molar-refractivity contribution is -0.143. The van der Waals surface area contributed by atoms with Crippen molar-refractivity contribution in [2.24, 2.45) is 11.8 Å². The number of carbonyl (C=O) groups excluding carboxylic acids is 6. The van der Waals surface area contributed by atoms with E-state index in [2.05, 4.69) is 66.0 Å². The van der Waals surface area contributed by atoms with Gasteiger partial charge in [-0.3, -0.25) is 28.8 Å². The molecule has 0 bridgehead atoms. The van der Waals surface area contributed by atoms with Gasteiger partial charge >= 0.3 is 0 Å². The summed E-state index contributed by atoms with van der Waals surface area (Å²) < 4.78 is 12.9. The highest BCUT2D eigenvalue weighted by molar-refractivity contribution is 5.95. The number of likely N-dealkylation sites (tertiary alicyclic amines) is 2. The molecule has 2 aromatic rings. The van der Waals surface area contributed by atoms with Crippen LogP contribution in [0.15, 0.2) is 48.5 Å². The molecule has 6 N–H and O–H groups in total. The maximum atomic E-state index is 14.3. The van der Waals surface area contributed by atoms with Gasteiger partial charge < -0.3 is 61.0 Å². The minimum absolute atomic E-state index is 0.124. The average molecular weight is 1060 g/mol. The van der Waals surface area contributed by atoms with Gasteiger partial charge in [-0.1, -0.05) is 76.2 Å². The van der Waals surface area contributed by atoms with Crippen molar-refractivity contribution >= 4 is 35.4 Å². The second-order valence-electron chi connectivity index (χ2n) is 22.6. The van der Waals surface area contributed by atoms with Gasteiger partial charge in [-0.25, -0.2) is 0 Å². The number of amides is 6. The molecule has 5 aliphatic rings. The SMILES string of the molecule is CN[C@@H](C)C(=O)NC(C(=O)N1C[C@@H](OCCCN2CCN(CCCO[C@H]3C[C@@H](C(=O)N[C@@H]4CCCc5ccccc54)N(C(=O)C(NC(=O)[C@H](C)NC)C(C)C)C3)CC2)C[C@H]1C(=O)N[C@@H]1CCCc2ccccc21)C(C)C. The third kappa shape index (κ3) is 15.2. The van der Waals surface area contributed by atoms with Gasteiger partial charge in [-0.05, 0) is 113 Å². The van der Waals surface area contributed by atoms with Crippen molar-refractivity contribution in [3.8, 4) is 0 Å². The molecule has 0 spiro atoms. The van der Waals surface area contributed by atoms with Crippen LogP contribution < -0.4 is 31.9 Å². The number of carbonyl (C=O) groups is 6. The summed E-state index contributed by atoms with van der Waals surface area (Å²) in [6.45, 7) is 18.1. The van der Waals surface area contributed by atoms with E-state index in [1.54, 1.807) is 37.7 Å². The molecule has 6 amide bonds. The molecule has 2 aromatic carbocycles. The second-order valence-corrected chi connectivity index (χ2v) is 22.6. The monoisotopic (exact) mass is 1050 g/mol. The topological polar surface area (TPSA) is 206 Å². The largest absolute Gasteiger partial charge is 0.376 e. The summed E-state index contributed by atoms with van der Waals surface area (Å²) in [6.07, 6.45) is 7.36. The highest BCUT2D eigenvalue weighted by Gasteiger charge is 2.46. The number of ether oxygens (including phenoxy) is 2. The van der Waals surface area contributed by atoms with E-state index in [0.717, 1.165) is 102 Å². The molecular weight excluding hydrogens is 965 g/mol. The maximum Gasteiger partial charge on any atom is 0.246 e. The molecule has 7 rings (SSSR count). The van der Waals surface area contributed by atoms with Crippen LogP contribution in [-0.2, 0) is 51.1 Å². The number of benzene rings is 2. The number of likely N-dealkylation sites (N-methyl/N-ethyl adjacent to an activating group) is 2. The predicted octanol–water partition coefficient (Wildman–Crippen LogP) is 3.24. The zero-order valence-electron chi connectivity index (χ0n) is 46.7. The van der Waals surface area contributed by atoms with Gasteiger partial charge in [0, 0.05) is 78.4 Å². The van der Waals surface area contributed by atoms with Crippen LogP contribution in [0.2, 0.25) is 0 Å². The molecule has 18 heteroatoms. The Hall–Kier alpha value is -4.98. The summed E-state index contributed by atoms with van der Waals surface area (Å²) >= 11 is 0. The molecule has 3 saturated heterocycles. The van der Waals surface area contributed by atoms with Gasteiger partial charge in [0.15, 0.2) is 0 Å². The third-order valence-electron chi connectivity index (χ3n) is 16.6. The van der Waals surface area contributed by atoms with Crippen molar-refractivity contribution in [2.75, 3.05) is 79.7 Å². The summed E-state index contributed by atoms with van der Waals surface area (Å²) in [5.41, 5.74) is 4.76. The van der Waals surface area contributed by atoms with Gasteiger partial charge in [0.1, 0.15) is 24.2 Å². The van der Waals surface area contributed by atoms with Crippen molar-refractivity contribution in [2.45, 2.75) is 166 Å². The second kappa shape index (κ2) is 28.1. The normalized spacial score (nSPS) is 24.6. The molecule has 76 heavy (non-hydrogen) atoms. The molecule has 0 radical (unpaired) electrons. The van der Waals surface area contributed by atoms with Crippen LogP contribution >= 0.6 is 0 Å². The first-order valence-electron chi connectivity index (χ1n) is 28.6. The molecule has 420 valence electrons. The maximum absolute atomic E-state index is 14.3. The van der Waals surface area contributed by atoms with Crippen LogP contribution in [0.4, 0.5) is 0 Å². The van der Waals surface area contributed by atoms with Crippen LogP contribution in [0.25, 0.3) is 0 Å². The Balaban J connectivity index is 0.868. The van der Waals surface area contributed by atoms with E-state index in [9.17, 15) is 28.8 Å². The lowest BCUT2D eigenvalue weighted by atomic mass is 9.87. The number of rotatable bonds is 24. The van der Waals surface area contributed by atoms with Crippen LogP contribution in [-0.4, -0.2) is 183 Å². The Morgan fingerprint density at radius 2 is 0.947 bits per heavy atom. The van der Waals surface area contributed by atoms with Gasteiger partial charge in [-0.15, -0.1) is 0 Å². The van der Waals surface area contributed by atoms with Crippen LogP contribution in [0.5, 0.6) is 0 Å². The number of hydrogen-bond acceptors (Lipinski definition) is 12. The minimum atomic E-state index is -0.787. The molecule has 3 fully saturated rings. The number of fused-ring (bicyclic) bond motifs is 2. The van der Waals surface area contributed by atoms with Crippen LogP contribution in [0.1, 0.15) is 127 Å². The van der Waals surface area contributed by atoms with Crippen molar-refractivity contribution < 1.29 is 38.2 Å². The molecule has 0 aromatic heterocycles. The van der Waals surface area contributed by atoms with E-state index in [4.69, 9.17) is 9.47 Å². The molecule has 18 nitrogen and oxygen atoms in total. The molecule has 2 aliphatic carbocycles. The van der Waals surface area contributed by atoms with Crippen LogP contribution in [0.3, 0.4) is 0 Å². The van der Waals surface area contributed by atoms with Gasteiger partial charge in [0.05, 0.1) is 36.4 Å². The Morgan fingerprint density at radius 1 is 0.566 bits per heavy atom. The standard InChI is InChI=1S/C58H90N10O8/c1-37(2)51(63-53(69)39(5)59-7)57(73)67-35-43(33-49(67)55(71)61-47-23-13-19-41-17-9-11-21-45(41)47)75-31-15-25-65-27-29-66(30-28-65)26-16-32-76-44-34-50(56(72)62-48-24-14-20-42-18-10-12-22-46(42)48)68(36-44)58(74)52(38(3)4)64-54(70)40(6)60-8/h9-12,17-18,21-22,37-40,43-44,47-52,59-60H,13-16,19-20,23-36H2,1-8H3,(H,61,71)(H,62,72)(H,63,69)(H,64,70)/t39-,40-,43-,44-,47+,48+,49-,50-,51?,52?/m0/s1. The van der Waals surface area contributed by atoms with E-state index >= 15 is 0 Å². The van der Waals surface area contributed by atoms with E-state index in [-0.39, 0.29) is 84.7 Å². The number of nitrogens with zero attached hydrogens (tertiary/aromatic N) is 4. The van der Waals surface area contributed by atoms with Crippen molar-refractivity contribution in [1.82, 2.24) is 51.5 Å². The fourth-order valence-electron chi connectivity index (χ4n) is 11.7. The molecular formula is C58H90N10O8. The van der Waals surface area contributed by atoms with Crippen molar-refractivity contribution in [3.63, 3.8) is 0 Å². The van der Waals surface area contributed by atoms with E-state index < -0.39 is 36.3 Å². The summed E-state index contributed by atoms with van der Waals surface area (Å²) in [6, 6.07) is 12.3. The van der Waals surface area contributed by atoms with Crippen molar-refractivity contribution in [1.29, 1.82) is 0 Å². The Kier molecular flexibility index (Phi) is 21.7. The molecule has 3 aliphatic heterocycles. The lowest BCUT2D eigenvalue weighted by Gasteiger charge is -2.34. The van der Waals surface area contributed by atoms with Gasteiger partial charge in [0.25, 0.3) is 0 Å². The first kappa shape index (κ1) is 58.7. The molecule has 3 heterocycles. The Labute approximate surface area is 452 Å². The summed E-state index contributed by atoms with van der Waals surface area (Å²) in [4.78, 5) is 91.2. The fraction of sp³-hybridized carbons (Fsp3) is 0.690. The van der Waals surface area contributed by atoms with Crippen LogP contribution in [0, 0.1) is 11.8 Å². The molecule has 2 unspecified atom stereocenters. The zero-order chi connectivity index (χ0) is 54.5. The van der Waals surface area contributed by atoms with E-state index in [0.29, 0.717) is 26.1 Å². The van der Waals surface area contributed by atoms with Gasteiger partial charge in [-0.2, -0.15) is 0 Å².